The summed E-state index contributed by atoms with van der Waals surface area (Å²) in [5, 5.41) is 2.64. The number of aromatic nitrogens is 2. The van der Waals surface area contributed by atoms with Crippen molar-refractivity contribution < 1.29 is 18.0 Å². The van der Waals surface area contributed by atoms with Gasteiger partial charge in [-0.15, -0.1) is 0 Å². The zero-order valence-electron chi connectivity index (χ0n) is 12.2. The number of carbonyl (C=O) groups excluding carboxylic acids is 1. The minimum atomic E-state index is -4.58. The molecule has 0 unspecified atom stereocenters. The normalized spacial score (nSPS) is 11.6. The van der Waals surface area contributed by atoms with Crippen LogP contribution in [0.4, 0.5) is 19.0 Å². The van der Waals surface area contributed by atoms with Gasteiger partial charge in [0, 0.05) is 11.6 Å². The van der Waals surface area contributed by atoms with E-state index in [9.17, 15) is 18.0 Å². The number of benzene rings is 1. The Kier molecular flexibility index (Phi) is 4.53. The van der Waals surface area contributed by atoms with Crippen LogP contribution in [0.25, 0.3) is 10.9 Å². The maximum Gasteiger partial charge on any atom is 0.417 e. The first-order chi connectivity index (χ1) is 11.8. The van der Waals surface area contributed by atoms with Gasteiger partial charge < -0.3 is 5.32 Å². The van der Waals surface area contributed by atoms with Gasteiger partial charge in [-0.05, 0) is 18.2 Å². The van der Waals surface area contributed by atoms with E-state index in [1.54, 1.807) is 24.3 Å². The van der Waals surface area contributed by atoms with Crippen LogP contribution in [0.3, 0.4) is 0 Å². The predicted octanol–water partition coefficient (Wildman–Crippen LogP) is 5.21. The molecule has 0 spiro atoms. The van der Waals surface area contributed by atoms with Crippen molar-refractivity contribution in [1.29, 1.82) is 0 Å². The summed E-state index contributed by atoms with van der Waals surface area (Å²) in [6.45, 7) is 0. The highest BCUT2D eigenvalue weighted by molar-refractivity contribution is 6.35. The molecule has 2 aromatic heterocycles. The number of rotatable bonds is 2. The summed E-state index contributed by atoms with van der Waals surface area (Å²) in [7, 11) is 0. The van der Waals surface area contributed by atoms with E-state index in [1.165, 1.54) is 6.07 Å². The summed E-state index contributed by atoms with van der Waals surface area (Å²) in [4.78, 5) is 20.0. The lowest BCUT2D eigenvalue weighted by Crippen LogP contribution is -2.15. The Morgan fingerprint density at radius 3 is 2.52 bits per heavy atom. The van der Waals surface area contributed by atoms with E-state index in [4.69, 9.17) is 23.2 Å². The van der Waals surface area contributed by atoms with Crippen LogP contribution in [0.1, 0.15) is 15.9 Å². The van der Waals surface area contributed by atoms with Crippen molar-refractivity contribution in [2.75, 3.05) is 5.32 Å². The molecule has 0 atom stereocenters. The second-order valence-corrected chi connectivity index (χ2v) is 5.79. The molecule has 1 aromatic carbocycles. The third-order valence-corrected chi connectivity index (χ3v) is 3.90. The third kappa shape index (κ3) is 3.67. The minimum absolute atomic E-state index is 0.0424. The van der Waals surface area contributed by atoms with Crippen molar-refractivity contribution in [3.63, 3.8) is 0 Å². The molecule has 3 aromatic rings. The Hall–Kier alpha value is -2.38. The summed E-state index contributed by atoms with van der Waals surface area (Å²) in [5.74, 6) is -0.888. The number of halogens is 5. The number of alkyl halides is 3. The number of carbonyl (C=O) groups is 1. The molecule has 25 heavy (non-hydrogen) atoms. The van der Waals surface area contributed by atoms with E-state index >= 15 is 0 Å². The summed E-state index contributed by atoms with van der Waals surface area (Å²) < 4.78 is 37.8. The van der Waals surface area contributed by atoms with Crippen molar-refractivity contribution >= 4 is 45.8 Å². The van der Waals surface area contributed by atoms with Crippen LogP contribution in [0.15, 0.2) is 42.6 Å². The molecule has 0 bridgehead atoms. The van der Waals surface area contributed by atoms with Gasteiger partial charge in [0.05, 0.1) is 21.7 Å². The lowest BCUT2D eigenvalue weighted by atomic mass is 10.1. The number of hydrogen-bond acceptors (Lipinski definition) is 3. The van der Waals surface area contributed by atoms with Crippen LogP contribution in [0.2, 0.25) is 10.2 Å². The van der Waals surface area contributed by atoms with E-state index in [-0.39, 0.29) is 21.6 Å². The number of pyridine rings is 2. The van der Waals surface area contributed by atoms with Crippen molar-refractivity contribution in [2.45, 2.75) is 6.18 Å². The fourth-order valence-electron chi connectivity index (χ4n) is 2.11. The fraction of sp³-hybridized carbons (Fsp3) is 0.0625. The van der Waals surface area contributed by atoms with Gasteiger partial charge in [-0.25, -0.2) is 9.97 Å². The quantitative estimate of drug-likeness (QED) is 0.616. The van der Waals surface area contributed by atoms with Gasteiger partial charge in [0.2, 0.25) is 0 Å². The molecule has 0 saturated carbocycles. The predicted molar refractivity (Wildman–Crippen MR) is 89.0 cm³/mol. The van der Waals surface area contributed by atoms with Gasteiger partial charge in [-0.1, -0.05) is 41.4 Å². The summed E-state index contributed by atoms with van der Waals surface area (Å²) in [6, 6.07) is 9.24. The van der Waals surface area contributed by atoms with Crippen LogP contribution in [-0.4, -0.2) is 15.9 Å². The van der Waals surface area contributed by atoms with Crippen LogP contribution in [0.5, 0.6) is 0 Å². The number of nitrogens with one attached hydrogen (secondary N) is 1. The molecule has 0 saturated heterocycles. The molecule has 0 fully saturated rings. The summed E-state index contributed by atoms with van der Waals surface area (Å²) in [5.41, 5.74) is -0.353. The second kappa shape index (κ2) is 6.50. The zero-order chi connectivity index (χ0) is 18.2. The number of nitrogens with zero attached hydrogens (tertiary/aromatic N) is 2. The van der Waals surface area contributed by atoms with E-state index in [0.29, 0.717) is 23.2 Å². The van der Waals surface area contributed by atoms with Crippen LogP contribution < -0.4 is 5.32 Å². The third-order valence-electron chi connectivity index (χ3n) is 3.32. The Labute approximate surface area is 149 Å². The molecule has 2 heterocycles. The van der Waals surface area contributed by atoms with Crippen molar-refractivity contribution in [3.05, 3.63) is 63.9 Å². The molecule has 1 N–H and O–H groups in total. The zero-order valence-corrected chi connectivity index (χ0v) is 13.7. The Morgan fingerprint density at radius 2 is 1.84 bits per heavy atom. The average molecular weight is 386 g/mol. The van der Waals surface area contributed by atoms with E-state index in [2.05, 4.69) is 15.3 Å². The topological polar surface area (TPSA) is 54.9 Å². The molecule has 0 radical (unpaired) electrons. The van der Waals surface area contributed by atoms with E-state index in [0.717, 1.165) is 0 Å². The molecule has 128 valence electrons. The highest BCUT2D eigenvalue weighted by Crippen LogP contribution is 2.32. The first-order valence-corrected chi connectivity index (χ1v) is 7.60. The van der Waals surface area contributed by atoms with Crippen LogP contribution >= 0.6 is 23.2 Å². The average Bonchev–Trinajstić information content (AvgIpc) is 2.55. The molecule has 0 aliphatic heterocycles. The van der Waals surface area contributed by atoms with Gasteiger partial charge in [0.25, 0.3) is 5.91 Å². The van der Waals surface area contributed by atoms with Crippen LogP contribution in [-0.2, 0) is 6.18 Å². The van der Waals surface area contributed by atoms with Crippen molar-refractivity contribution in [1.82, 2.24) is 9.97 Å². The number of para-hydroxylation sites is 1. The van der Waals surface area contributed by atoms with Gasteiger partial charge in [-0.2, -0.15) is 13.2 Å². The van der Waals surface area contributed by atoms with Crippen LogP contribution in [0, 0.1) is 0 Å². The molecule has 0 aliphatic carbocycles. The highest BCUT2D eigenvalue weighted by atomic mass is 35.5. The first kappa shape index (κ1) is 17.4. The maximum atomic E-state index is 12.6. The smallest absolute Gasteiger partial charge is 0.305 e. The van der Waals surface area contributed by atoms with Gasteiger partial charge >= 0.3 is 6.18 Å². The molecule has 9 heteroatoms. The molecular formula is C16H8Cl2F3N3O. The fourth-order valence-corrected chi connectivity index (χ4v) is 2.56. The number of amides is 1. The Morgan fingerprint density at radius 1 is 1.12 bits per heavy atom. The monoisotopic (exact) mass is 385 g/mol. The summed E-state index contributed by atoms with van der Waals surface area (Å²) in [6.07, 6.45) is -3.99. The van der Waals surface area contributed by atoms with E-state index < -0.39 is 17.6 Å². The van der Waals surface area contributed by atoms with Gasteiger partial charge in [-0.3, -0.25) is 4.79 Å². The number of hydrogen-bond donors (Lipinski definition) is 1. The lowest BCUT2D eigenvalue weighted by Gasteiger charge is -2.11. The molecule has 4 nitrogen and oxygen atoms in total. The molecule has 1 amide bonds. The maximum absolute atomic E-state index is 12.6. The SMILES string of the molecule is O=C(Nc1ncc(C(F)(F)F)cc1Cl)c1cc2ccccc2nc1Cl. The van der Waals surface area contributed by atoms with E-state index in [1.807, 2.05) is 0 Å². The van der Waals surface area contributed by atoms with Crippen molar-refractivity contribution in [3.8, 4) is 0 Å². The van der Waals surface area contributed by atoms with Gasteiger partial charge in [0.1, 0.15) is 5.15 Å². The number of fused-ring (bicyclic) bond motifs is 1. The first-order valence-electron chi connectivity index (χ1n) is 6.85. The van der Waals surface area contributed by atoms with Crippen molar-refractivity contribution in [2.24, 2.45) is 0 Å². The molecule has 0 aliphatic rings. The van der Waals surface area contributed by atoms with Gasteiger partial charge in [0.15, 0.2) is 5.82 Å². The standard InChI is InChI=1S/C16H8Cl2F3N3O/c17-11-6-9(16(19,20)21)7-22-14(11)24-15(25)10-5-8-3-1-2-4-12(8)23-13(10)18/h1-7H,(H,22,24,25). The molecular weight excluding hydrogens is 378 g/mol. The highest BCUT2D eigenvalue weighted by Gasteiger charge is 2.31. The Bertz CT molecular complexity index is 976. The number of anilines is 1. The summed E-state index contributed by atoms with van der Waals surface area (Å²) >= 11 is 11.8. The lowest BCUT2D eigenvalue weighted by molar-refractivity contribution is -0.137. The molecule has 3 rings (SSSR count). The Balaban J connectivity index is 1.91. The minimum Gasteiger partial charge on any atom is -0.305 e. The largest absolute Gasteiger partial charge is 0.417 e. The second-order valence-electron chi connectivity index (χ2n) is 5.03.